The van der Waals surface area contributed by atoms with E-state index >= 15 is 0 Å². The molecule has 1 atom stereocenters. The molecule has 0 radical (unpaired) electrons. The van der Waals surface area contributed by atoms with Crippen molar-refractivity contribution in [2.45, 2.75) is 77.8 Å². The third-order valence-corrected chi connectivity index (χ3v) is 8.36. The van der Waals surface area contributed by atoms with Gasteiger partial charge in [-0.2, -0.15) is 4.31 Å². The van der Waals surface area contributed by atoms with Gasteiger partial charge < -0.3 is 5.32 Å². The minimum Gasteiger partial charge on any atom is -0.351 e. The van der Waals surface area contributed by atoms with Crippen molar-refractivity contribution in [1.29, 1.82) is 0 Å². The van der Waals surface area contributed by atoms with Crippen molar-refractivity contribution in [3.63, 3.8) is 0 Å². The number of hydrogen-bond acceptors (Lipinski definition) is 4. The van der Waals surface area contributed by atoms with Crippen LogP contribution >= 0.6 is 0 Å². The van der Waals surface area contributed by atoms with Gasteiger partial charge in [-0.1, -0.05) is 37.8 Å². The molecule has 2 amide bonds. The molecule has 1 aromatic rings. The Balaban J connectivity index is 2.02. The zero-order valence-electron chi connectivity index (χ0n) is 19.1. The van der Waals surface area contributed by atoms with Gasteiger partial charge in [0, 0.05) is 18.3 Å². The molecule has 1 aliphatic carbocycles. The molecule has 2 aliphatic rings. The molecule has 8 heteroatoms. The van der Waals surface area contributed by atoms with E-state index < -0.39 is 15.6 Å². The number of sulfonamides is 1. The molecule has 172 valence electrons. The number of anilines is 1. The molecular weight excluding hydrogens is 414 g/mol. The first-order valence-electron chi connectivity index (χ1n) is 11.3. The van der Waals surface area contributed by atoms with Crippen LogP contribution in [0.4, 0.5) is 5.69 Å². The van der Waals surface area contributed by atoms with Crippen LogP contribution < -0.4 is 10.2 Å². The summed E-state index contributed by atoms with van der Waals surface area (Å²) < 4.78 is 26.4. The molecule has 1 aliphatic heterocycles. The quantitative estimate of drug-likeness (QED) is 0.701. The smallest absolute Gasteiger partial charge is 0.247 e. The molecule has 3 rings (SSSR count). The first kappa shape index (κ1) is 23.7. The van der Waals surface area contributed by atoms with Crippen LogP contribution in [0.1, 0.15) is 63.5 Å². The lowest BCUT2D eigenvalue weighted by Gasteiger charge is -2.47. The first-order valence-corrected chi connectivity index (χ1v) is 12.9. The predicted molar refractivity (Wildman–Crippen MR) is 122 cm³/mol. The molecule has 1 N–H and O–H groups in total. The SMILES string of the molecule is CCS(=O)(=O)N1CC(=O)N(c2cc(C)ccc2C)[C@](C)(C(=O)NC2CCCCCC2)C1. The Labute approximate surface area is 186 Å². The number of amides is 2. The Morgan fingerprint density at radius 1 is 1.16 bits per heavy atom. The van der Waals surface area contributed by atoms with E-state index in [0.29, 0.717) is 5.69 Å². The second kappa shape index (κ2) is 9.28. The molecule has 1 heterocycles. The second-order valence-electron chi connectivity index (χ2n) is 9.12. The fourth-order valence-corrected chi connectivity index (χ4v) is 5.76. The van der Waals surface area contributed by atoms with Gasteiger partial charge >= 0.3 is 0 Å². The minimum atomic E-state index is -3.62. The third-order valence-electron chi connectivity index (χ3n) is 6.58. The van der Waals surface area contributed by atoms with E-state index in [9.17, 15) is 18.0 Å². The van der Waals surface area contributed by atoms with Crippen LogP contribution in [0.5, 0.6) is 0 Å². The maximum Gasteiger partial charge on any atom is 0.247 e. The highest BCUT2D eigenvalue weighted by molar-refractivity contribution is 7.89. The van der Waals surface area contributed by atoms with Crippen LogP contribution in [0.2, 0.25) is 0 Å². The average Bonchev–Trinajstić information content (AvgIpc) is 2.98. The zero-order valence-corrected chi connectivity index (χ0v) is 19.9. The summed E-state index contributed by atoms with van der Waals surface area (Å²) in [6, 6.07) is 5.84. The summed E-state index contributed by atoms with van der Waals surface area (Å²) in [4.78, 5) is 28.5. The topological polar surface area (TPSA) is 86.8 Å². The van der Waals surface area contributed by atoms with Gasteiger partial charge in [0.15, 0.2) is 0 Å². The molecule has 0 bridgehead atoms. The fourth-order valence-electron chi connectivity index (χ4n) is 4.64. The Morgan fingerprint density at radius 3 is 2.42 bits per heavy atom. The van der Waals surface area contributed by atoms with Gasteiger partial charge in [-0.05, 0) is 57.7 Å². The monoisotopic (exact) mass is 449 g/mol. The lowest BCUT2D eigenvalue weighted by Crippen LogP contribution is -2.71. The lowest BCUT2D eigenvalue weighted by molar-refractivity contribution is -0.133. The highest BCUT2D eigenvalue weighted by Crippen LogP contribution is 2.34. The van der Waals surface area contributed by atoms with Crippen LogP contribution in [0, 0.1) is 13.8 Å². The number of carbonyl (C=O) groups excluding carboxylic acids is 2. The molecule has 1 saturated heterocycles. The van der Waals surface area contributed by atoms with Crippen molar-refractivity contribution in [3.8, 4) is 0 Å². The molecule has 0 aromatic heterocycles. The maximum absolute atomic E-state index is 13.7. The number of rotatable bonds is 5. The number of benzene rings is 1. The summed E-state index contributed by atoms with van der Waals surface area (Å²) in [5.41, 5.74) is 1.18. The van der Waals surface area contributed by atoms with Gasteiger partial charge in [-0.3, -0.25) is 14.5 Å². The van der Waals surface area contributed by atoms with Gasteiger partial charge in [0.2, 0.25) is 21.8 Å². The van der Waals surface area contributed by atoms with E-state index in [-0.39, 0.29) is 36.7 Å². The number of aryl methyl sites for hydroxylation is 2. The summed E-state index contributed by atoms with van der Waals surface area (Å²) in [6.07, 6.45) is 6.29. The number of carbonyl (C=O) groups is 2. The second-order valence-corrected chi connectivity index (χ2v) is 11.4. The summed E-state index contributed by atoms with van der Waals surface area (Å²) in [5.74, 6) is -0.774. The highest BCUT2D eigenvalue weighted by atomic mass is 32.2. The Kier molecular flexibility index (Phi) is 7.11. The summed E-state index contributed by atoms with van der Waals surface area (Å²) >= 11 is 0. The number of hydrogen-bond donors (Lipinski definition) is 1. The van der Waals surface area contributed by atoms with Gasteiger partial charge in [-0.15, -0.1) is 0 Å². The summed E-state index contributed by atoms with van der Waals surface area (Å²) in [6.45, 7) is 6.78. The van der Waals surface area contributed by atoms with Crippen molar-refractivity contribution in [1.82, 2.24) is 9.62 Å². The van der Waals surface area contributed by atoms with E-state index in [4.69, 9.17) is 0 Å². The minimum absolute atomic E-state index is 0.0547. The van der Waals surface area contributed by atoms with Crippen molar-refractivity contribution in [2.24, 2.45) is 0 Å². The normalized spacial score (nSPS) is 24.1. The summed E-state index contributed by atoms with van der Waals surface area (Å²) in [7, 11) is -3.62. The fraction of sp³-hybridized carbons (Fsp3) is 0.652. The van der Waals surface area contributed by atoms with Crippen molar-refractivity contribution in [3.05, 3.63) is 29.3 Å². The Bertz CT molecular complexity index is 938. The van der Waals surface area contributed by atoms with Crippen LogP contribution in [0.15, 0.2) is 18.2 Å². The van der Waals surface area contributed by atoms with Crippen LogP contribution in [-0.4, -0.2) is 55.0 Å². The molecule has 31 heavy (non-hydrogen) atoms. The lowest BCUT2D eigenvalue weighted by atomic mass is 9.92. The van der Waals surface area contributed by atoms with E-state index in [0.717, 1.165) is 36.8 Å². The van der Waals surface area contributed by atoms with Crippen molar-refractivity contribution >= 4 is 27.5 Å². The number of nitrogens with zero attached hydrogens (tertiary/aromatic N) is 2. The largest absolute Gasteiger partial charge is 0.351 e. The van der Waals surface area contributed by atoms with Gasteiger partial charge in [0.25, 0.3) is 0 Å². The molecule has 2 fully saturated rings. The van der Waals surface area contributed by atoms with E-state index in [1.807, 2.05) is 32.0 Å². The molecular formula is C23H35N3O4S. The average molecular weight is 450 g/mol. The van der Waals surface area contributed by atoms with Crippen molar-refractivity contribution < 1.29 is 18.0 Å². The van der Waals surface area contributed by atoms with E-state index in [1.54, 1.807) is 13.8 Å². The highest BCUT2D eigenvalue weighted by Gasteiger charge is 2.51. The molecule has 1 aromatic carbocycles. The van der Waals surface area contributed by atoms with E-state index in [2.05, 4.69) is 5.32 Å². The maximum atomic E-state index is 13.7. The number of piperazine rings is 1. The van der Waals surface area contributed by atoms with Gasteiger partial charge in [0.1, 0.15) is 5.54 Å². The van der Waals surface area contributed by atoms with Gasteiger partial charge in [0.05, 0.1) is 12.3 Å². The molecule has 7 nitrogen and oxygen atoms in total. The third kappa shape index (κ3) is 4.95. The zero-order chi connectivity index (χ0) is 22.8. The van der Waals surface area contributed by atoms with Crippen LogP contribution in [0.3, 0.4) is 0 Å². The number of nitrogens with one attached hydrogen (secondary N) is 1. The molecule has 0 unspecified atom stereocenters. The van der Waals surface area contributed by atoms with E-state index in [1.165, 1.54) is 22.0 Å². The predicted octanol–water partition coefficient (Wildman–Crippen LogP) is 2.90. The Hall–Kier alpha value is -1.93. The first-order chi connectivity index (χ1) is 14.6. The van der Waals surface area contributed by atoms with Crippen molar-refractivity contribution in [2.75, 3.05) is 23.7 Å². The summed E-state index contributed by atoms with van der Waals surface area (Å²) in [5, 5.41) is 3.16. The standard InChI is InChI=1S/C23H35N3O4S/c1-5-31(29,30)25-15-21(27)26(20-14-17(2)12-13-18(20)3)23(4,16-25)22(28)24-19-10-8-6-7-9-11-19/h12-14,19H,5-11,15-16H2,1-4H3,(H,24,28)/t23-/m0/s1. The van der Waals surface area contributed by atoms with Crippen LogP contribution in [-0.2, 0) is 19.6 Å². The molecule has 1 saturated carbocycles. The Morgan fingerprint density at radius 2 is 1.81 bits per heavy atom. The van der Waals surface area contributed by atoms with Crippen LogP contribution in [0.25, 0.3) is 0 Å². The van der Waals surface area contributed by atoms with Gasteiger partial charge in [-0.25, -0.2) is 8.42 Å². The molecule has 0 spiro atoms.